The Morgan fingerprint density at radius 1 is 1.67 bits per heavy atom. The van der Waals surface area contributed by atoms with Crippen LogP contribution in [0.1, 0.15) is 40.0 Å². The molecule has 70 valence electrons. The zero-order chi connectivity index (χ0) is 9.19. The maximum atomic E-state index is 10.4. The van der Waals surface area contributed by atoms with Gasteiger partial charge in [0.25, 0.3) is 0 Å². The molecule has 1 rings (SSSR count). The molecular weight excluding hydrogens is 168 g/mol. The van der Waals surface area contributed by atoms with Crippen LogP contribution in [0.2, 0.25) is 0 Å². The van der Waals surface area contributed by atoms with Crippen LogP contribution in [0.15, 0.2) is 0 Å². The van der Waals surface area contributed by atoms with E-state index in [4.69, 9.17) is 0 Å². The summed E-state index contributed by atoms with van der Waals surface area (Å²) in [6.07, 6.45) is 4.28. The second kappa shape index (κ2) is 3.82. The molecule has 1 fully saturated rings. The first-order valence-corrected chi connectivity index (χ1v) is 5.57. The van der Waals surface area contributed by atoms with Gasteiger partial charge in [-0.25, -0.2) is 0 Å². The number of carbonyl (C=O) groups is 1. The van der Waals surface area contributed by atoms with E-state index < -0.39 is 0 Å². The molecule has 0 N–H and O–H groups in total. The van der Waals surface area contributed by atoms with Crippen molar-refractivity contribution in [2.75, 3.05) is 0 Å². The molecule has 12 heavy (non-hydrogen) atoms. The van der Waals surface area contributed by atoms with Gasteiger partial charge < -0.3 is 4.79 Å². The summed E-state index contributed by atoms with van der Waals surface area (Å²) in [6.45, 7) is 6.75. The standard InChI is InChI=1S/C10H18OS/c1-8(2)9-4-5-10(3,12-9)6-7-11/h7-9H,4-6H2,1-3H3. The van der Waals surface area contributed by atoms with Crippen molar-refractivity contribution in [3.63, 3.8) is 0 Å². The van der Waals surface area contributed by atoms with Gasteiger partial charge in [0, 0.05) is 16.4 Å². The summed E-state index contributed by atoms with van der Waals surface area (Å²) in [5, 5.41) is 0.773. The van der Waals surface area contributed by atoms with Gasteiger partial charge in [-0.15, -0.1) is 0 Å². The maximum Gasteiger partial charge on any atom is 0.121 e. The number of thioether (sulfide) groups is 1. The lowest BCUT2D eigenvalue weighted by molar-refractivity contribution is -0.108. The summed E-state index contributed by atoms with van der Waals surface area (Å²) in [4.78, 5) is 10.4. The molecule has 2 unspecified atom stereocenters. The second-order valence-electron chi connectivity index (χ2n) is 4.26. The third kappa shape index (κ3) is 2.25. The van der Waals surface area contributed by atoms with Crippen LogP contribution in [0, 0.1) is 5.92 Å². The Kier molecular flexibility index (Phi) is 3.22. The molecular formula is C10H18OS. The van der Waals surface area contributed by atoms with Gasteiger partial charge in [0.15, 0.2) is 0 Å². The first-order valence-electron chi connectivity index (χ1n) is 4.69. The van der Waals surface area contributed by atoms with E-state index >= 15 is 0 Å². The summed E-state index contributed by atoms with van der Waals surface area (Å²) in [6, 6.07) is 0. The lowest BCUT2D eigenvalue weighted by Gasteiger charge is -2.21. The van der Waals surface area contributed by atoms with Gasteiger partial charge in [0.2, 0.25) is 0 Å². The maximum absolute atomic E-state index is 10.4. The van der Waals surface area contributed by atoms with Crippen molar-refractivity contribution in [2.45, 2.75) is 50.0 Å². The molecule has 1 nitrogen and oxygen atoms in total. The van der Waals surface area contributed by atoms with E-state index in [0.717, 1.165) is 23.9 Å². The average Bonchev–Trinajstić information content (AvgIpc) is 2.33. The minimum absolute atomic E-state index is 0.247. The molecule has 0 aromatic heterocycles. The molecule has 0 bridgehead atoms. The van der Waals surface area contributed by atoms with Crippen LogP contribution in [0.5, 0.6) is 0 Å². The Balaban J connectivity index is 2.48. The number of rotatable bonds is 3. The quantitative estimate of drug-likeness (QED) is 0.630. The fourth-order valence-electron chi connectivity index (χ4n) is 1.73. The van der Waals surface area contributed by atoms with E-state index in [2.05, 4.69) is 20.8 Å². The number of hydrogen-bond donors (Lipinski definition) is 0. The number of aldehydes is 1. The van der Waals surface area contributed by atoms with E-state index in [-0.39, 0.29) is 4.75 Å². The van der Waals surface area contributed by atoms with E-state index in [1.165, 1.54) is 12.8 Å². The minimum Gasteiger partial charge on any atom is -0.303 e. The number of hydrogen-bond acceptors (Lipinski definition) is 2. The van der Waals surface area contributed by atoms with E-state index in [9.17, 15) is 4.79 Å². The highest BCUT2D eigenvalue weighted by Crippen LogP contribution is 2.47. The zero-order valence-electron chi connectivity index (χ0n) is 8.17. The highest BCUT2D eigenvalue weighted by molar-refractivity contribution is 8.01. The van der Waals surface area contributed by atoms with E-state index in [1.807, 2.05) is 11.8 Å². The van der Waals surface area contributed by atoms with Gasteiger partial charge in [0.1, 0.15) is 6.29 Å². The topological polar surface area (TPSA) is 17.1 Å². The van der Waals surface area contributed by atoms with Crippen molar-refractivity contribution in [1.82, 2.24) is 0 Å². The first kappa shape index (κ1) is 10.1. The first-order chi connectivity index (χ1) is 5.57. The molecule has 0 aromatic carbocycles. The molecule has 1 saturated heterocycles. The third-order valence-corrected chi connectivity index (χ3v) is 4.67. The minimum atomic E-state index is 0.247. The smallest absolute Gasteiger partial charge is 0.121 e. The summed E-state index contributed by atoms with van der Waals surface area (Å²) < 4.78 is 0.247. The van der Waals surface area contributed by atoms with Crippen LogP contribution in [-0.2, 0) is 4.79 Å². The molecule has 0 spiro atoms. The molecule has 0 aromatic rings. The molecule has 1 aliphatic rings. The monoisotopic (exact) mass is 186 g/mol. The van der Waals surface area contributed by atoms with Crippen molar-refractivity contribution < 1.29 is 4.79 Å². The number of carbonyl (C=O) groups excluding carboxylic acids is 1. The largest absolute Gasteiger partial charge is 0.303 e. The molecule has 2 atom stereocenters. The van der Waals surface area contributed by atoms with Crippen LogP contribution in [0.25, 0.3) is 0 Å². The van der Waals surface area contributed by atoms with Crippen LogP contribution in [0.4, 0.5) is 0 Å². The van der Waals surface area contributed by atoms with Gasteiger partial charge >= 0.3 is 0 Å². The predicted octanol–water partition coefficient (Wildman–Crippen LogP) is 2.89. The van der Waals surface area contributed by atoms with Gasteiger partial charge in [-0.3, -0.25) is 0 Å². The summed E-state index contributed by atoms with van der Waals surface area (Å²) in [5.74, 6) is 0.753. The molecule has 1 aliphatic heterocycles. The molecule has 0 aliphatic carbocycles. The molecule has 0 saturated carbocycles. The molecule has 2 heteroatoms. The molecule has 0 amide bonds. The van der Waals surface area contributed by atoms with Crippen molar-refractivity contribution in [3.8, 4) is 0 Å². The van der Waals surface area contributed by atoms with E-state index in [0.29, 0.717) is 0 Å². The fourth-order valence-corrected chi connectivity index (χ4v) is 3.37. The Morgan fingerprint density at radius 3 is 2.75 bits per heavy atom. The second-order valence-corrected chi connectivity index (χ2v) is 6.09. The van der Waals surface area contributed by atoms with Gasteiger partial charge in [-0.05, 0) is 18.8 Å². The van der Waals surface area contributed by atoms with Gasteiger partial charge in [-0.1, -0.05) is 20.8 Å². The summed E-state index contributed by atoms with van der Waals surface area (Å²) in [5.41, 5.74) is 0. The normalized spacial score (nSPS) is 35.8. The average molecular weight is 186 g/mol. The Hall–Kier alpha value is 0.0200. The lowest BCUT2D eigenvalue weighted by Crippen LogP contribution is -2.16. The van der Waals surface area contributed by atoms with Gasteiger partial charge in [0.05, 0.1) is 0 Å². The van der Waals surface area contributed by atoms with Crippen molar-refractivity contribution in [1.29, 1.82) is 0 Å². The SMILES string of the molecule is CC(C)C1CCC(C)(CC=O)S1. The third-order valence-electron chi connectivity index (χ3n) is 2.65. The summed E-state index contributed by atoms with van der Waals surface area (Å²) in [7, 11) is 0. The molecule has 0 radical (unpaired) electrons. The Morgan fingerprint density at radius 2 is 2.33 bits per heavy atom. The highest BCUT2D eigenvalue weighted by atomic mass is 32.2. The highest BCUT2D eigenvalue weighted by Gasteiger charge is 2.36. The van der Waals surface area contributed by atoms with E-state index in [1.54, 1.807) is 0 Å². The zero-order valence-corrected chi connectivity index (χ0v) is 8.99. The van der Waals surface area contributed by atoms with Crippen molar-refractivity contribution >= 4 is 18.0 Å². The molecule has 1 heterocycles. The summed E-state index contributed by atoms with van der Waals surface area (Å²) >= 11 is 2.01. The van der Waals surface area contributed by atoms with Crippen molar-refractivity contribution in [3.05, 3.63) is 0 Å². The van der Waals surface area contributed by atoms with Crippen molar-refractivity contribution in [2.24, 2.45) is 5.92 Å². The van der Waals surface area contributed by atoms with Crippen LogP contribution < -0.4 is 0 Å². The van der Waals surface area contributed by atoms with Crippen LogP contribution >= 0.6 is 11.8 Å². The Bertz CT molecular complexity index is 167. The predicted molar refractivity (Wildman–Crippen MR) is 54.5 cm³/mol. The van der Waals surface area contributed by atoms with Gasteiger partial charge in [-0.2, -0.15) is 11.8 Å². The van der Waals surface area contributed by atoms with Crippen LogP contribution in [-0.4, -0.2) is 16.3 Å². The fraction of sp³-hybridized carbons (Fsp3) is 0.900. The Labute approximate surface area is 79.3 Å². The lowest BCUT2D eigenvalue weighted by atomic mass is 9.98. The van der Waals surface area contributed by atoms with Crippen LogP contribution in [0.3, 0.4) is 0 Å².